The summed E-state index contributed by atoms with van der Waals surface area (Å²) >= 11 is 2.20. The summed E-state index contributed by atoms with van der Waals surface area (Å²) in [6.45, 7) is 2.03. The van der Waals surface area contributed by atoms with Crippen molar-refractivity contribution in [3.05, 3.63) is 53.4 Å². The van der Waals surface area contributed by atoms with Crippen LogP contribution in [-0.4, -0.2) is 71.0 Å². The number of carbonyl (C=O) groups is 3. The van der Waals surface area contributed by atoms with Gasteiger partial charge in [0.2, 0.25) is 17.2 Å². The smallest absolute Gasteiger partial charge is 0.352 e. The van der Waals surface area contributed by atoms with Gasteiger partial charge in [-0.15, -0.1) is 11.8 Å². The van der Waals surface area contributed by atoms with Crippen LogP contribution in [0, 0.1) is 11.3 Å². The number of rotatable bonds is 8. The Kier molecular flexibility index (Phi) is 6.70. The highest BCUT2D eigenvalue weighted by Gasteiger charge is 2.54. The van der Waals surface area contributed by atoms with Crippen molar-refractivity contribution in [1.29, 1.82) is 5.26 Å². The Bertz CT molecular complexity index is 1570. The summed E-state index contributed by atoms with van der Waals surface area (Å²) in [6.07, 6.45) is 3.38. The SMILES string of the molecule is CCON=C(C(=O)N[C@@H]1C(=O)N2C(C(=O)O)=C(C[n+]3cc(C#N)n4ccccc43)CS[C@@H]12)c1nsc(N)n1. The fourth-order valence-corrected chi connectivity index (χ4v) is 5.99. The number of nitrogens with zero attached hydrogens (tertiary/aromatic N) is 7. The van der Waals surface area contributed by atoms with E-state index in [1.54, 1.807) is 34.4 Å². The van der Waals surface area contributed by atoms with E-state index in [2.05, 4.69) is 25.9 Å². The Morgan fingerprint density at radius 3 is 2.95 bits per heavy atom. The number of oxime groups is 1. The lowest BCUT2D eigenvalue weighted by molar-refractivity contribution is -0.662. The van der Waals surface area contributed by atoms with Gasteiger partial charge in [-0.3, -0.25) is 14.5 Å². The van der Waals surface area contributed by atoms with E-state index in [1.165, 1.54) is 16.7 Å². The van der Waals surface area contributed by atoms with E-state index in [0.717, 1.165) is 11.5 Å². The number of anilines is 1. The number of carbonyl (C=O) groups excluding carboxylic acids is 2. The van der Waals surface area contributed by atoms with Crippen LogP contribution in [0.4, 0.5) is 5.13 Å². The zero-order valence-electron chi connectivity index (χ0n) is 19.8. The topological polar surface area (TPSA) is 192 Å². The minimum Gasteiger partial charge on any atom is -0.477 e. The molecule has 5 rings (SSSR count). The van der Waals surface area contributed by atoms with Crippen LogP contribution < -0.4 is 15.6 Å². The highest BCUT2D eigenvalue weighted by Crippen LogP contribution is 2.40. The van der Waals surface area contributed by atoms with Gasteiger partial charge in [-0.25, -0.2) is 9.36 Å². The number of β-lactam (4-membered cyclic amide) rings is 1. The van der Waals surface area contributed by atoms with Gasteiger partial charge in [0, 0.05) is 28.9 Å². The molecule has 0 spiro atoms. The largest absolute Gasteiger partial charge is 0.477 e. The molecule has 0 aliphatic carbocycles. The van der Waals surface area contributed by atoms with E-state index in [0.29, 0.717) is 22.7 Å². The van der Waals surface area contributed by atoms with Crippen LogP contribution in [0.15, 0.2) is 47.0 Å². The maximum absolute atomic E-state index is 13.1. The normalized spacial score (nSPS) is 19.1. The maximum atomic E-state index is 13.1. The van der Waals surface area contributed by atoms with Crippen LogP contribution in [0.2, 0.25) is 0 Å². The number of nitrogen functional groups attached to an aromatic ring is 1. The lowest BCUT2D eigenvalue weighted by Crippen LogP contribution is -2.71. The fraction of sp³-hybridized carbons (Fsp3) is 0.273. The van der Waals surface area contributed by atoms with Crippen molar-refractivity contribution in [3.63, 3.8) is 0 Å². The van der Waals surface area contributed by atoms with Crippen molar-refractivity contribution in [2.75, 3.05) is 18.1 Å². The fourth-order valence-electron chi connectivity index (χ4n) is 4.22. The number of thioether (sulfide) groups is 1. The summed E-state index contributed by atoms with van der Waals surface area (Å²) in [5.74, 6) is -2.32. The number of nitrogens with two attached hydrogens (primary N) is 1. The zero-order chi connectivity index (χ0) is 27.0. The molecule has 14 nitrogen and oxygen atoms in total. The zero-order valence-corrected chi connectivity index (χ0v) is 21.4. The van der Waals surface area contributed by atoms with Gasteiger partial charge in [0.05, 0.1) is 6.20 Å². The first-order valence-corrected chi connectivity index (χ1v) is 13.1. The van der Waals surface area contributed by atoms with Gasteiger partial charge < -0.3 is 21.0 Å². The number of imidazole rings is 1. The van der Waals surface area contributed by atoms with Gasteiger partial charge in [0.25, 0.3) is 17.5 Å². The van der Waals surface area contributed by atoms with E-state index >= 15 is 0 Å². The number of hydrogen-bond donors (Lipinski definition) is 3. The second-order valence-electron chi connectivity index (χ2n) is 8.12. The molecular formula is C22H20N9O5S2+. The number of nitrogens with one attached hydrogen (secondary N) is 1. The number of carboxylic acids is 1. The molecule has 2 atom stereocenters. The lowest BCUT2D eigenvalue weighted by atomic mass is 10.0. The van der Waals surface area contributed by atoms with Crippen molar-refractivity contribution in [3.8, 4) is 6.07 Å². The number of fused-ring (bicyclic) bond motifs is 2. The average molecular weight is 555 g/mol. The molecule has 3 aromatic rings. The molecular weight excluding hydrogens is 534 g/mol. The van der Waals surface area contributed by atoms with Gasteiger partial charge in [0.1, 0.15) is 42.5 Å². The van der Waals surface area contributed by atoms with Crippen molar-refractivity contribution >= 4 is 57.6 Å². The number of amides is 2. The average Bonchev–Trinajstić information content (AvgIpc) is 3.50. The van der Waals surface area contributed by atoms with E-state index in [4.69, 9.17) is 10.6 Å². The van der Waals surface area contributed by atoms with Crippen LogP contribution in [0.5, 0.6) is 0 Å². The molecule has 2 amide bonds. The Morgan fingerprint density at radius 2 is 2.26 bits per heavy atom. The quantitative estimate of drug-likeness (QED) is 0.144. The van der Waals surface area contributed by atoms with Crippen LogP contribution >= 0.6 is 23.3 Å². The third-order valence-electron chi connectivity index (χ3n) is 5.84. The third-order valence-corrected chi connectivity index (χ3v) is 7.72. The summed E-state index contributed by atoms with van der Waals surface area (Å²) in [5.41, 5.74) is 6.83. The predicted molar refractivity (Wildman–Crippen MR) is 134 cm³/mol. The van der Waals surface area contributed by atoms with Crippen molar-refractivity contribution in [2.45, 2.75) is 24.9 Å². The first-order valence-electron chi connectivity index (χ1n) is 11.2. The summed E-state index contributed by atoms with van der Waals surface area (Å²) in [7, 11) is 0. The maximum Gasteiger partial charge on any atom is 0.352 e. The highest BCUT2D eigenvalue weighted by atomic mass is 32.2. The first-order chi connectivity index (χ1) is 18.3. The summed E-state index contributed by atoms with van der Waals surface area (Å²) < 4.78 is 7.45. The molecule has 0 unspecified atom stereocenters. The van der Waals surface area contributed by atoms with Gasteiger partial charge in [0.15, 0.2) is 5.13 Å². The summed E-state index contributed by atoms with van der Waals surface area (Å²) in [6, 6.07) is 6.55. The standard InChI is InChI=1S/C22H19N9O5S2/c1-2-36-27-14(17-26-22(24)38-28-17)18(32)25-15-19(33)31-16(21(34)35)11(10-37-20(15)31)8-29-9-12(7-23)30-6-4-3-5-13(29)30/h3-6,9,15,20H,2,8,10H2,1H3,(H3-,24,25,26,28,32,34,35)/p+1/t15-,20+/m1/s1. The number of nitriles is 1. The molecule has 0 saturated carbocycles. The third kappa shape index (κ3) is 4.31. The van der Waals surface area contributed by atoms with Crippen LogP contribution in [0.3, 0.4) is 0 Å². The molecule has 4 N–H and O–H groups in total. The Labute approximate surface area is 223 Å². The van der Waals surface area contributed by atoms with E-state index in [1.807, 2.05) is 12.1 Å². The lowest BCUT2D eigenvalue weighted by Gasteiger charge is -2.49. The number of aromatic nitrogens is 4. The molecule has 0 aromatic carbocycles. The van der Waals surface area contributed by atoms with Crippen LogP contribution in [0.25, 0.3) is 5.65 Å². The molecule has 16 heteroatoms. The molecule has 0 bridgehead atoms. The first kappa shape index (κ1) is 25.2. The van der Waals surface area contributed by atoms with Crippen LogP contribution in [0.1, 0.15) is 18.4 Å². The molecule has 1 saturated heterocycles. The Balaban J connectivity index is 1.39. The molecule has 3 aromatic heterocycles. The Hall–Kier alpha value is -4.49. The molecule has 38 heavy (non-hydrogen) atoms. The second kappa shape index (κ2) is 10.1. The monoisotopic (exact) mass is 554 g/mol. The van der Waals surface area contributed by atoms with Gasteiger partial charge in [-0.2, -0.15) is 19.0 Å². The number of pyridine rings is 1. The van der Waals surface area contributed by atoms with Crippen molar-refractivity contribution in [1.82, 2.24) is 24.0 Å². The molecule has 2 aliphatic rings. The number of aliphatic carboxylic acids is 1. The minimum atomic E-state index is -1.26. The molecule has 5 heterocycles. The van der Waals surface area contributed by atoms with Crippen molar-refractivity contribution in [2.24, 2.45) is 5.16 Å². The second-order valence-corrected chi connectivity index (χ2v) is 10.0. The molecule has 2 aliphatic heterocycles. The van der Waals surface area contributed by atoms with Crippen molar-refractivity contribution < 1.29 is 28.9 Å². The molecule has 1 fully saturated rings. The highest BCUT2D eigenvalue weighted by molar-refractivity contribution is 8.00. The predicted octanol–water partition coefficient (Wildman–Crippen LogP) is -0.288. The minimum absolute atomic E-state index is 0.0414. The van der Waals surface area contributed by atoms with Gasteiger partial charge in [-0.1, -0.05) is 11.2 Å². The summed E-state index contributed by atoms with van der Waals surface area (Å²) in [5, 5.41) is 25.4. The number of carboxylic acid groups (broad SMARTS) is 1. The van der Waals surface area contributed by atoms with Gasteiger partial charge >= 0.3 is 5.97 Å². The summed E-state index contributed by atoms with van der Waals surface area (Å²) in [4.78, 5) is 48.5. The van der Waals surface area contributed by atoms with E-state index in [9.17, 15) is 24.8 Å². The van der Waals surface area contributed by atoms with Gasteiger partial charge in [-0.05, 0) is 13.0 Å². The Morgan fingerprint density at radius 1 is 1.45 bits per heavy atom. The van der Waals surface area contributed by atoms with Crippen LogP contribution in [-0.2, 0) is 25.8 Å². The molecule has 0 radical (unpaired) electrons. The number of hydrogen-bond acceptors (Lipinski definition) is 11. The van der Waals surface area contributed by atoms with E-state index < -0.39 is 29.2 Å². The van der Waals surface area contributed by atoms with E-state index in [-0.39, 0.29) is 35.5 Å². The molecule has 194 valence electrons.